The quantitative estimate of drug-likeness (QED) is 0.656. The standard InChI is InChI=1S/C13H26N2O2/c1-4-15(11-7-8-11)10-6-9-13(3,14)12(16)17-5-2/h11H,4-10,14H2,1-3H3. The van der Waals surface area contributed by atoms with E-state index in [1.807, 2.05) is 0 Å². The van der Waals surface area contributed by atoms with E-state index in [0.717, 1.165) is 25.6 Å². The Morgan fingerprint density at radius 1 is 1.47 bits per heavy atom. The highest BCUT2D eigenvalue weighted by atomic mass is 16.5. The van der Waals surface area contributed by atoms with Crippen LogP contribution in [-0.2, 0) is 9.53 Å². The van der Waals surface area contributed by atoms with Crippen molar-refractivity contribution in [1.29, 1.82) is 0 Å². The van der Waals surface area contributed by atoms with Gasteiger partial charge in [-0.05, 0) is 52.6 Å². The predicted molar refractivity (Wildman–Crippen MR) is 68.7 cm³/mol. The summed E-state index contributed by atoms with van der Waals surface area (Å²) in [6.07, 6.45) is 4.29. The Balaban J connectivity index is 2.25. The van der Waals surface area contributed by atoms with Crippen LogP contribution >= 0.6 is 0 Å². The SMILES string of the molecule is CCOC(=O)C(C)(N)CCCN(CC)C1CC1. The molecule has 0 spiro atoms. The minimum absolute atomic E-state index is 0.283. The molecule has 1 aliphatic rings. The zero-order valence-corrected chi connectivity index (χ0v) is 11.4. The van der Waals surface area contributed by atoms with Crippen LogP contribution in [0.2, 0.25) is 0 Å². The second kappa shape index (κ2) is 6.36. The molecule has 0 bridgehead atoms. The van der Waals surface area contributed by atoms with Gasteiger partial charge in [-0.1, -0.05) is 6.92 Å². The van der Waals surface area contributed by atoms with Gasteiger partial charge < -0.3 is 15.4 Å². The zero-order chi connectivity index (χ0) is 12.9. The molecule has 1 rings (SSSR count). The van der Waals surface area contributed by atoms with Crippen molar-refractivity contribution < 1.29 is 9.53 Å². The van der Waals surface area contributed by atoms with Gasteiger partial charge in [-0.25, -0.2) is 0 Å². The van der Waals surface area contributed by atoms with E-state index in [0.29, 0.717) is 13.0 Å². The Hall–Kier alpha value is -0.610. The zero-order valence-electron chi connectivity index (χ0n) is 11.4. The van der Waals surface area contributed by atoms with E-state index in [1.165, 1.54) is 12.8 Å². The van der Waals surface area contributed by atoms with E-state index in [2.05, 4.69) is 11.8 Å². The molecular formula is C13H26N2O2. The molecule has 4 nitrogen and oxygen atoms in total. The summed E-state index contributed by atoms with van der Waals surface area (Å²) in [7, 11) is 0. The molecule has 1 unspecified atom stereocenters. The number of nitrogens with zero attached hydrogens (tertiary/aromatic N) is 1. The molecule has 0 aromatic heterocycles. The highest BCUT2D eigenvalue weighted by molar-refractivity contribution is 5.79. The van der Waals surface area contributed by atoms with Gasteiger partial charge in [-0.2, -0.15) is 0 Å². The molecule has 4 heteroatoms. The van der Waals surface area contributed by atoms with Crippen LogP contribution in [0.1, 0.15) is 46.5 Å². The maximum atomic E-state index is 11.6. The molecule has 1 saturated carbocycles. The number of ether oxygens (including phenoxy) is 1. The van der Waals surface area contributed by atoms with Crippen molar-refractivity contribution in [2.24, 2.45) is 5.73 Å². The van der Waals surface area contributed by atoms with Crippen LogP contribution in [0.3, 0.4) is 0 Å². The first-order valence-corrected chi connectivity index (χ1v) is 6.71. The van der Waals surface area contributed by atoms with Gasteiger partial charge in [-0.3, -0.25) is 4.79 Å². The first kappa shape index (κ1) is 14.5. The Bertz CT molecular complexity index is 250. The van der Waals surface area contributed by atoms with Gasteiger partial charge in [0.1, 0.15) is 5.54 Å². The van der Waals surface area contributed by atoms with Gasteiger partial charge in [0.05, 0.1) is 6.61 Å². The van der Waals surface area contributed by atoms with Gasteiger partial charge >= 0.3 is 5.97 Å². The molecule has 0 aromatic rings. The van der Waals surface area contributed by atoms with E-state index in [1.54, 1.807) is 13.8 Å². The minimum Gasteiger partial charge on any atom is -0.465 e. The van der Waals surface area contributed by atoms with Gasteiger partial charge in [0, 0.05) is 6.04 Å². The highest BCUT2D eigenvalue weighted by Crippen LogP contribution is 2.27. The second-order valence-corrected chi connectivity index (χ2v) is 5.10. The first-order valence-electron chi connectivity index (χ1n) is 6.71. The summed E-state index contributed by atoms with van der Waals surface area (Å²) in [6, 6.07) is 0.784. The third kappa shape index (κ3) is 4.64. The number of hydrogen-bond acceptors (Lipinski definition) is 4. The molecule has 0 aliphatic heterocycles. The molecule has 0 heterocycles. The van der Waals surface area contributed by atoms with E-state index in [9.17, 15) is 4.79 Å². The van der Waals surface area contributed by atoms with Crippen molar-refractivity contribution in [3.05, 3.63) is 0 Å². The molecular weight excluding hydrogens is 216 g/mol. The molecule has 1 fully saturated rings. The second-order valence-electron chi connectivity index (χ2n) is 5.10. The van der Waals surface area contributed by atoms with Crippen LogP contribution in [0.25, 0.3) is 0 Å². The fourth-order valence-electron chi connectivity index (χ4n) is 2.09. The molecule has 0 radical (unpaired) electrons. The van der Waals surface area contributed by atoms with E-state index >= 15 is 0 Å². The number of rotatable bonds is 8. The van der Waals surface area contributed by atoms with Gasteiger partial charge in [0.2, 0.25) is 0 Å². The summed E-state index contributed by atoms with van der Waals surface area (Å²) >= 11 is 0. The third-order valence-electron chi connectivity index (χ3n) is 3.35. The van der Waals surface area contributed by atoms with Crippen molar-refractivity contribution >= 4 is 5.97 Å². The third-order valence-corrected chi connectivity index (χ3v) is 3.35. The van der Waals surface area contributed by atoms with Gasteiger partial charge in [-0.15, -0.1) is 0 Å². The Labute approximate surface area is 104 Å². The molecule has 0 aromatic carbocycles. The number of hydrogen-bond donors (Lipinski definition) is 1. The number of carbonyl (C=O) groups is 1. The van der Waals surface area contributed by atoms with Crippen LogP contribution in [0.4, 0.5) is 0 Å². The van der Waals surface area contributed by atoms with Crippen LogP contribution < -0.4 is 5.73 Å². The van der Waals surface area contributed by atoms with E-state index < -0.39 is 5.54 Å². The molecule has 17 heavy (non-hydrogen) atoms. The van der Waals surface area contributed by atoms with Gasteiger partial charge in [0.15, 0.2) is 0 Å². The van der Waals surface area contributed by atoms with E-state index in [-0.39, 0.29) is 5.97 Å². The lowest BCUT2D eigenvalue weighted by Crippen LogP contribution is -2.46. The van der Waals surface area contributed by atoms with Crippen molar-refractivity contribution in [1.82, 2.24) is 4.90 Å². The smallest absolute Gasteiger partial charge is 0.325 e. The number of carbonyl (C=O) groups excluding carboxylic acids is 1. The fraction of sp³-hybridized carbons (Fsp3) is 0.923. The van der Waals surface area contributed by atoms with Crippen LogP contribution in [0, 0.1) is 0 Å². The van der Waals surface area contributed by atoms with Gasteiger partial charge in [0.25, 0.3) is 0 Å². The molecule has 1 aliphatic carbocycles. The number of esters is 1. The van der Waals surface area contributed by atoms with Crippen LogP contribution in [0.15, 0.2) is 0 Å². The molecule has 0 saturated heterocycles. The number of nitrogens with two attached hydrogens (primary N) is 1. The summed E-state index contributed by atoms with van der Waals surface area (Å²) < 4.78 is 4.97. The average Bonchev–Trinajstić information content (AvgIpc) is 3.08. The molecule has 2 N–H and O–H groups in total. The Morgan fingerprint density at radius 2 is 2.12 bits per heavy atom. The van der Waals surface area contributed by atoms with Crippen molar-refractivity contribution in [3.8, 4) is 0 Å². The van der Waals surface area contributed by atoms with Crippen molar-refractivity contribution in [3.63, 3.8) is 0 Å². The lowest BCUT2D eigenvalue weighted by atomic mass is 9.97. The normalized spacial score (nSPS) is 19.1. The van der Waals surface area contributed by atoms with Crippen LogP contribution in [-0.4, -0.2) is 42.1 Å². The summed E-state index contributed by atoms with van der Waals surface area (Å²) in [4.78, 5) is 14.1. The molecule has 1 atom stereocenters. The first-order chi connectivity index (χ1) is 8.01. The Morgan fingerprint density at radius 3 is 2.59 bits per heavy atom. The highest BCUT2D eigenvalue weighted by Gasteiger charge is 2.31. The van der Waals surface area contributed by atoms with Crippen molar-refractivity contribution in [2.45, 2.75) is 58.0 Å². The summed E-state index contributed by atoms with van der Waals surface area (Å²) in [5, 5.41) is 0. The maximum Gasteiger partial charge on any atom is 0.325 e. The maximum absolute atomic E-state index is 11.6. The monoisotopic (exact) mass is 242 g/mol. The minimum atomic E-state index is -0.834. The molecule has 100 valence electrons. The lowest BCUT2D eigenvalue weighted by Gasteiger charge is -2.25. The topological polar surface area (TPSA) is 55.6 Å². The predicted octanol–water partition coefficient (Wildman–Crippen LogP) is 1.53. The van der Waals surface area contributed by atoms with Crippen LogP contribution in [0.5, 0.6) is 0 Å². The summed E-state index contributed by atoms with van der Waals surface area (Å²) in [5.41, 5.74) is 5.14. The molecule has 0 amide bonds. The fourth-order valence-corrected chi connectivity index (χ4v) is 2.09. The van der Waals surface area contributed by atoms with Crippen molar-refractivity contribution in [2.75, 3.05) is 19.7 Å². The average molecular weight is 242 g/mol. The summed E-state index contributed by atoms with van der Waals surface area (Å²) in [5.74, 6) is -0.283. The van der Waals surface area contributed by atoms with E-state index in [4.69, 9.17) is 10.5 Å². The summed E-state index contributed by atoms with van der Waals surface area (Å²) in [6.45, 7) is 8.27. The largest absolute Gasteiger partial charge is 0.465 e. The lowest BCUT2D eigenvalue weighted by molar-refractivity contribution is -0.149. The Kier molecular flexibility index (Phi) is 5.40.